The first-order valence-corrected chi connectivity index (χ1v) is 7.58. The fourth-order valence-corrected chi connectivity index (χ4v) is 3.45. The van der Waals surface area contributed by atoms with Crippen LogP contribution in [0.1, 0.15) is 30.6 Å². The number of furan rings is 1. The largest absolute Gasteiger partial charge is 0.461 e. The van der Waals surface area contributed by atoms with Gasteiger partial charge in [0.05, 0.1) is 0 Å². The lowest BCUT2D eigenvalue weighted by molar-refractivity contribution is 0.192. The van der Waals surface area contributed by atoms with Gasteiger partial charge in [0, 0.05) is 24.1 Å². The Labute approximate surface area is 120 Å². The molecule has 3 rings (SSSR count). The van der Waals surface area contributed by atoms with Crippen molar-refractivity contribution in [1.82, 2.24) is 5.32 Å². The third-order valence-corrected chi connectivity index (χ3v) is 4.66. The number of rotatable bonds is 5. The van der Waals surface area contributed by atoms with Gasteiger partial charge in [0.15, 0.2) is 0 Å². The van der Waals surface area contributed by atoms with E-state index < -0.39 is 0 Å². The second-order valence-electron chi connectivity index (χ2n) is 5.90. The van der Waals surface area contributed by atoms with Gasteiger partial charge in [-0.3, -0.25) is 0 Å². The van der Waals surface area contributed by atoms with Crippen molar-refractivity contribution in [3.8, 4) is 0 Å². The summed E-state index contributed by atoms with van der Waals surface area (Å²) in [4.78, 5) is 0. The summed E-state index contributed by atoms with van der Waals surface area (Å²) in [5, 5.41) is 14.1. The summed E-state index contributed by atoms with van der Waals surface area (Å²) < 4.78 is 5.78. The molecule has 1 aliphatic rings. The average Bonchev–Trinajstić information content (AvgIpc) is 3.03. The van der Waals surface area contributed by atoms with E-state index in [4.69, 9.17) is 4.42 Å². The number of aryl methyl sites for hydroxylation is 1. The Hall–Kier alpha value is -1.32. The quantitative estimate of drug-likeness (QED) is 0.879. The first-order valence-electron chi connectivity index (χ1n) is 7.58. The molecule has 2 unspecified atom stereocenters. The maximum atomic E-state index is 9.36. The normalized spacial score (nSPS) is 22.7. The molecule has 1 aromatic heterocycles. The summed E-state index contributed by atoms with van der Waals surface area (Å²) in [6.45, 7) is 4.20. The van der Waals surface area contributed by atoms with Gasteiger partial charge in [-0.05, 0) is 44.2 Å². The van der Waals surface area contributed by atoms with Crippen molar-refractivity contribution in [2.75, 3.05) is 13.2 Å². The van der Waals surface area contributed by atoms with Crippen LogP contribution in [0.4, 0.5) is 0 Å². The molecule has 3 heteroatoms. The Morgan fingerprint density at radius 2 is 2.05 bits per heavy atom. The summed E-state index contributed by atoms with van der Waals surface area (Å²) in [7, 11) is 0. The van der Waals surface area contributed by atoms with Gasteiger partial charge in [0.2, 0.25) is 0 Å². The zero-order valence-corrected chi connectivity index (χ0v) is 12.1. The SMILES string of the molecule is Cc1oc2ccccc2c1CNCC1CCCC1CO. The summed E-state index contributed by atoms with van der Waals surface area (Å²) in [5.74, 6) is 2.12. The summed E-state index contributed by atoms with van der Waals surface area (Å²) >= 11 is 0. The minimum atomic E-state index is 0.333. The molecule has 1 saturated carbocycles. The predicted octanol–water partition coefficient (Wildman–Crippen LogP) is 3.24. The number of fused-ring (bicyclic) bond motifs is 1. The maximum absolute atomic E-state index is 9.36. The highest BCUT2D eigenvalue weighted by Crippen LogP contribution is 2.31. The zero-order chi connectivity index (χ0) is 13.9. The first-order chi connectivity index (χ1) is 9.79. The smallest absolute Gasteiger partial charge is 0.134 e. The molecule has 1 heterocycles. The number of para-hydroxylation sites is 1. The van der Waals surface area contributed by atoms with E-state index in [9.17, 15) is 5.11 Å². The number of benzene rings is 1. The maximum Gasteiger partial charge on any atom is 0.134 e. The van der Waals surface area contributed by atoms with Crippen LogP contribution < -0.4 is 5.32 Å². The van der Waals surface area contributed by atoms with Crippen molar-refractivity contribution < 1.29 is 9.52 Å². The van der Waals surface area contributed by atoms with Crippen molar-refractivity contribution in [2.24, 2.45) is 11.8 Å². The number of aliphatic hydroxyl groups excluding tert-OH is 1. The molecule has 108 valence electrons. The molecule has 0 radical (unpaired) electrons. The molecule has 2 aromatic rings. The Morgan fingerprint density at radius 1 is 1.25 bits per heavy atom. The molecule has 0 amide bonds. The average molecular weight is 273 g/mol. The molecule has 0 saturated heterocycles. The first kappa shape index (κ1) is 13.7. The Balaban J connectivity index is 1.64. The van der Waals surface area contributed by atoms with Crippen LogP contribution in [0.3, 0.4) is 0 Å². The summed E-state index contributed by atoms with van der Waals surface area (Å²) in [5.41, 5.74) is 2.23. The highest BCUT2D eigenvalue weighted by Gasteiger charge is 2.26. The fourth-order valence-electron chi connectivity index (χ4n) is 3.45. The molecule has 20 heavy (non-hydrogen) atoms. The van der Waals surface area contributed by atoms with Crippen molar-refractivity contribution in [2.45, 2.75) is 32.7 Å². The molecule has 3 nitrogen and oxygen atoms in total. The third kappa shape index (κ3) is 2.60. The van der Waals surface area contributed by atoms with E-state index >= 15 is 0 Å². The van der Waals surface area contributed by atoms with E-state index in [1.807, 2.05) is 19.1 Å². The standard InChI is InChI=1S/C17H23NO2/c1-12-16(15-7-2-3-8-17(15)20-12)10-18-9-13-5-4-6-14(13)11-19/h2-3,7-8,13-14,18-19H,4-6,9-11H2,1H3. The molecular weight excluding hydrogens is 250 g/mol. The summed E-state index contributed by atoms with van der Waals surface area (Å²) in [6, 6.07) is 8.20. The zero-order valence-electron chi connectivity index (χ0n) is 12.1. The Morgan fingerprint density at radius 3 is 2.90 bits per heavy atom. The van der Waals surface area contributed by atoms with Crippen LogP contribution in [0.2, 0.25) is 0 Å². The molecule has 2 N–H and O–H groups in total. The monoisotopic (exact) mass is 273 g/mol. The van der Waals surface area contributed by atoms with Crippen LogP contribution in [0.5, 0.6) is 0 Å². The lowest BCUT2D eigenvalue weighted by Crippen LogP contribution is -2.26. The fraction of sp³-hybridized carbons (Fsp3) is 0.529. The van der Waals surface area contributed by atoms with E-state index in [2.05, 4.69) is 17.4 Å². The van der Waals surface area contributed by atoms with E-state index in [-0.39, 0.29) is 0 Å². The van der Waals surface area contributed by atoms with E-state index in [0.29, 0.717) is 18.4 Å². The molecule has 1 fully saturated rings. The van der Waals surface area contributed by atoms with Crippen LogP contribution in [-0.4, -0.2) is 18.3 Å². The van der Waals surface area contributed by atoms with Crippen LogP contribution in [0, 0.1) is 18.8 Å². The van der Waals surface area contributed by atoms with Crippen molar-refractivity contribution in [3.05, 3.63) is 35.6 Å². The number of nitrogens with one attached hydrogen (secondary N) is 1. The second kappa shape index (κ2) is 5.98. The number of hydrogen-bond donors (Lipinski definition) is 2. The summed E-state index contributed by atoms with van der Waals surface area (Å²) in [6.07, 6.45) is 3.67. The minimum absolute atomic E-state index is 0.333. The van der Waals surface area contributed by atoms with E-state index in [1.54, 1.807) is 0 Å². The van der Waals surface area contributed by atoms with Gasteiger partial charge in [-0.2, -0.15) is 0 Å². The minimum Gasteiger partial charge on any atom is -0.461 e. The molecule has 0 spiro atoms. The Bertz CT molecular complexity index is 575. The lowest BCUT2D eigenvalue weighted by atomic mass is 9.97. The lowest BCUT2D eigenvalue weighted by Gasteiger charge is -2.17. The molecule has 2 atom stereocenters. The van der Waals surface area contributed by atoms with Gasteiger partial charge >= 0.3 is 0 Å². The third-order valence-electron chi connectivity index (χ3n) is 4.66. The van der Waals surface area contributed by atoms with Gasteiger partial charge in [0.1, 0.15) is 11.3 Å². The van der Waals surface area contributed by atoms with Crippen LogP contribution in [-0.2, 0) is 6.54 Å². The van der Waals surface area contributed by atoms with E-state index in [0.717, 1.165) is 24.4 Å². The van der Waals surface area contributed by atoms with Crippen LogP contribution in [0.25, 0.3) is 11.0 Å². The van der Waals surface area contributed by atoms with Gasteiger partial charge in [-0.15, -0.1) is 0 Å². The van der Waals surface area contributed by atoms with Crippen molar-refractivity contribution >= 4 is 11.0 Å². The molecule has 1 aliphatic carbocycles. The van der Waals surface area contributed by atoms with Crippen molar-refractivity contribution in [3.63, 3.8) is 0 Å². The number of hydrogen-bond acceptors (Lipinski definition) is 3. The highest BCUT2D eigenvalue weighted by atomic mass is 16.3. The van der Waals surface area contributed by atoms with Crippen LogP contribution >= 0.6 is 0 Å². The highest BCUT2D eigenvalue weighted by molar-refractivity contribution is 5.82. The topological polar surface area (TPSA) is 45.4 Å². The van der Waals surface area contributed by atoms with Gasteiger partial charge in [-0.25, -0.2) is 0 Å². The van der Waals surface area contributed by atoms with Gasteiger partial charge < -0.3 is 14.8 Å². The Kier molecular flexibility index (Phi) is 4.08. The molecule has 1 aromatic carbocycles. The number of aliphatic hydroxyl groups is 1. The van der Waals surface area contributed by atoms with Gasteiger partial charge in [-0.1, -0.05) is 24.6 Å². The predicted molar refractivity (Wildman–Crippen MR) is 80.6 cm³/mol. The molecule has 0 aliphatic heterocycles. The van der Waals surface area contributed by atoms with Crippen molar-refractivity contribution in [1.29, 1.82) is 0 Å². The van der Waals surface area contributed by atoms with Crippen LogP contribution in [0.15, 0.2) is 28.7 Å². The second-order valence-corrected chi connectivity index (χ2v) is 5.90. The van der Waals surface area contributed by atoms with Gasteiger partial charge in [0.25, 0.3) is 0 Å². The molecule has 0 bridgehead atoms. The van der Waals surface area contributed by atoms with E-state index in [1.165, 1.54) is 30.2 Å². The molecular formula is C17H23NO2.